The van der Waals surface area contributed by atoms with Gasteiger partial charge < -0.3 is 10.0 Å². The largest absolute Gasteiger partial charge is 0.508 e. The highest BCUT2D eigenvalue weighted by Gasteiger charge is 2.27. The molecule has 0 atom stereocenters. The van der Waals surface area contributed by atoms with E-state index in [1.807, 2.05) is 12.1 Å². The molecule has 1 heterocycles. The Morgan fingerprint density at radius 1 is 1.33 bits per heavy atom. The van der Waals surface area contributed by atoms with Gasteiger partial charge in [-0.25, -0.2) is 0 Å². The summed E-state index contributed by atoms with van der Waals surface area (Å²) in [6, 6.07) is 5.53. The van der Waals surface area contributed by atoms with E-state index in [4.69, 9.17) is 0 Å². The third-order valence-corrected chi connectivity index (χ3v) is 2.99. The number of likely N-dealkylation sites (N-methyl/N-ethyl adjacent to an activating group) is 1. The molecule has 2 heteroatoms. The van der Waals surface area contributed by atoms with E-state index in [0.29, 0.717) is 5.75 Å². The molecule has 1 aromatic rings. The topological polar surface area (TPSA) is 23.5 Å². The van der Waals surface area contributed by atoms with Crippen LogP contribution in [0.15, 0.2) is 24.3 Å². The van der Waals surface area contributed by atoms with Gasteiger partial charge in [-0.1, -0.05) is 12.2 Å². The van der Waals surface area contributed by atoms with E-state index in [1.165, 1.54) is 5.56 Å². The molecular weight excluding hydrogens is 186 g/mol. The fraction of sp³-hybridized carbons (Fsp3) is 0.385. The Bertz CT molecular complexity index is 407. The summed E-state index contributed by atoms with van der Waals surface area (Å²) >= 11 is 0. The van der Waals surface area contributed by atoms with Crippen molar-refractivity contribution in [2.24, 2.45) is 0 Å². The molecule has 0 saturated carbocycles. The number of hydrogen-bond acceptors (Lipinski definition) is 2. The molecule has 0 saturated heterocycles. The van der Waals surface area contributed by atoms with Gasteiger partial charge in [-0.2, -0.15) is 0 Å². The molecule has 2 rings (SSSR count). The molecule has 1 N–H and O–H groups in total. The van der Waals surface area contributed by atoms with Gasteiger partial charge in [0, 0.05) is 18.3 Å². The molecule has 0 radical (unpaired) electrons. The molecule has 15 heavy (non-hydrogen) atoms. The number of fused-ring (bicyclic) bond motifs is 1. The Kier molecular flexibility index (Phi) is 2.22. The molecule has 80 valence electrons. The molecule has 1 aliphatic rings. The summed E-state index contributed by atoms with van der Waals surface area (Å²) in [5, 5.41) is 9.52. The fourth-order valence-corrected chi connectivity index (χ4v) is 2.18. The highest BCUT2D eigenvalue weighted by Crippen LogP contribution is 2.36. The lowest BCUT2D eigenvalue weighted by atomic mass is 9.93. The zero-order chi connectivity index (χ0) is 11.1. The van der Waals surface area contributed by atoms with Crippen LogP contribution in [0.1, 0.15) is 26.3 Å². The van der Waals surface area contributed by atoms with E-state index >= 15 is 0 Å². The van der Waals surface area contributed by atoms with Crippen LogP contribution >= 0.6 is 0 Å². The molecule has 1 aliphatic heterocycles. The number of phenols is 1. The van der Waals surface area contributed by atoms with Gasteiger partial charge in [-0.05, 0) is 38.5 Å². The monoisotopic (exact) mass is 203 g/mol. The van der Waals surface area contributed by atoms with E-state index < -0.39 is 0 Å². The Morgan fingerprint density at radius 2 is 2.07 bits per heavy atom. The summed E-state index contributed by atoms with van der Waals surface area (Å²) in [6.45, 7) is 7.43. The minimum absolute atomic E-state index is 0.0234. The van der Waals surface area contributed by atoms with Gasteiger partial charge >= 0.3 is 0 Å². The molecule has 2 nitrogen and oxygen atoms in total. The van der Waals surface area contributed by atoms with Crippen molar-refractivity contribution in [2.75, 3.05) is 11.4 Å². The smallest absolute Gasteiger partial charge is 0.117 e. The second-order valence-electron chi connectivity index (χ2n) is 4.47. The van der Waals surface area contributed by atoms with Crippen LogP contribution in [0.25, 0.3) is 6.08 Å². The second kappa shape index (κ2) is 3.30. The first-order valence-corrected chi connectivity index (χ1v) is 5.34. The quantitative estimate of drug-likeness (QED) is 0.758. The lowest BCUT2D eigenvalue weighted by molar-refractivity contribution is 0.474. The number of nitrogens with zero attached hydrogens (tertiary/aromatic N) is 1. The average Bonchev–Trinajstić information content (AvgIpc) is 2.16. The van der Waals surface area contributed by atoms with Crippen molar-refractivity contribution < 1.29 is 5.11 Å². The maximum Gasteiger partial charge on any atom is 0.117 e. The summed E-state index contributed by atoms with van der Waals surface area (Å²) in [6.07, 6.45) is 4.33. The van der Waals surface area contributed by atoms with Crippen molar-refractivity contribution >= 4 is 11.8 Å². The van der Waals surface area contributed by atoms with E-state index in [1.54, 1.807) is 6.07 Å². The number of benzene rings is 1. The van der Waals surface area contributed by atoms with E-state index in [0.717, 1.165) is 12.2 Å². The SMILES string of the molecule is CCN1c2cc(O)ccc2C=CC1(C)C. The fourth-order valence-electron chi connectivity index (χ4n) is 2.18. The van der Waals surface area contributed by atoms with Crippen molar-refractivity contribution in [2.45, 2.75) is 26.3 Å². The standard InChI is InChI=1S/C13H17NO/c1-4-14-12-9-11(15)6-5-10(12)7-8-13(14,2)3/h5-9,15H,4H2,1-3H3. The van der Waals surface area contributed by atoms with Crippen LogP contribution < -0.4 is 4.90 Å². The van der Waals surface area contributed by atoms with Crippen molar-refractivity contribution in [3.05, 3.63) is 29.8 Å². The van der Waals surface area contributed by atoms with Crippen molar-refractivity contribution in [1.29, 1.82) is 0 Å². The molecule has 0 spiro atoms. The number of hydrogen-bond donors (Lipinski definition) is 1. The highest BCUT2D eigenvalue weighted by molar-refractivity contribution is 5.74. The predicted octanol–water partition coefficient (Wildman–Crippen LogP) is 3.02. The van der Waals surface area contributed by atoms with E-state index in [-0.39, 0.29) is 5.54 Å². The number of aromatic hydroxyl groups is 1. The van der Waals surface area contributed by atoms with Gasteiger partial charge in [-0.15, -0.1) is 0 Å². The van der Waals surface area contributed by atoms with E-state index in [2.05, 4.69) is 37.8 Å². The Hall–Kier alpha value is -1.44. The molecule has 0 unspecified atom stereocenters. The first kappa shape index (κ1) is 10.1. The number of rotatable bonds is 1. The van der Waals surface area contributed by atoms with E-state index in [9.17, 15) is 5.11 Å². The lowest BCUT2D eigenvalue weighted by Crippen LogP contribution is -2.44. The molecule has 0 aliphatic carbocycles. The Morgan fingerprint density at radius 3 is 2.73 bits per heavy atom. The second-order valence-corrected chi connectivity index (χ2v) is 4.47. The molecule has 0 aromatic heterocycles. The zero-order valence-electron chi connectivity index (χ0n) is 9.49. The summed E-state index contributed by atoms with van der Waals surface area (Å²) in [5.41, 5.74) is 2.31. The summed E-state index contributed by atoms with van der Waals surface area (Å²) in [4.78, 5) is 2.29. The molecule has 1 aromatic carbocycles. The maximum atomic E-state index is 9.52. The van der Waals surface area contributed by atoms with Gasteiger partial charge in [0.25, 0.3) is 0 Å². The van der Waals surface area contributed by atoms with Crippen LogP contribution in [0.5, 0.6) is 5.75 Å². The number of anilines is 1. The van der Waals surface area contributed by atoms with Gasteiger partial charge in [0.1, 0.15) is 5.75 Å². The Balaban J connectivity index is 2.56. The van der Waals surface area contributed by atoms with Gasteiger partial charge in [0.2, 0.25) is 0 Å². The zero-order valence-corrected chi connectivity index (χ0v) is 9.49. The Labute approximate surface area is 90.8 Å². The molecule has 0 fully saturated rings. The number of phenolic OH excluding ortho intramolecular Hbond substituents is 1. The third kappa shape index (κ3) is 1.60. The van der Waals surface area contributed by atoms with Crippen LogP contribution in [0, 0.1) is 0 Å². The molecule has 0 bridgehead atoms. The summed E-state index contributed by atoms with van der Waals surface area (Å²) < 4.78 is 0. The molecular formula is C13H17NO. The van der Waals surface area contributed by atoms with Gasteiger partial charge in [-0.3, -0.25) is 0 Å². The van der Waals surface area contributed by atoms with Gasteiger partial charge in [0.05, 0.1) is 5.54 Å². The van der Waals surface area contributed by atoms with Crippen LogP contribution in [0.4, 0.5) is 5.69 Å². The minimum Gasteiger partial charge on any atom is -0.508 e. The first-order valence-electron chi connectivity index (χ1n) is 5.34. The van der Waals surface area contributed by atoms with Crippen molar-refractivity contribution in [3.63, 3.8) is 0 Å². The first-order chi connectivity index (χ1) is 7.04. The van der Waals surface area contributed by atoms with Crippen LogP contribution in [0.3, 0.4) is 0 Å². The van der Waals surface area contributed by atoms with Gasteiger partial charge in [0.15, 0.2) is 0 Å². The normalized spacial score (nSPS) is 17.7. The van der Waals surface area contributed by atoms with Crippen molar-refractivity contribution in [3.8, 4) is 5.75 Å². The van der Waals surface area contributed by atoms with Crippen LogP contribution in [0.2, 0.25) is 0 Å². The minimum atomic E-state index is 0.0234. The highest BCUT2D eigenvalue weighted by atomic mass is 16.3. The summed E-state index contributed by atoms with van der Waals surface area (Å²) in [7, 11) is 0. The third-order valence-electron chi connectivity index (χ3n) is 2.99. The van der Waals surface area contributed by atoms with Crippen LogP contribution in [-0.2, 0) is 0 Å². The lowest BCUT2D eigenvalue weighted by Gasteiger charge is -2.41. The van der Waals surface area contributed by atoms with Crippen molar-refractivity contribution in [1.82, 2.24) is 0 Å². The summed E-state index contributed by atoms with van der Waals surface area (Å²) in [5.74, 6) is 0.332. The van der Waals surface area contributed by atoms with Crippen LogP contribution in [-0.4, -0.2) is 17.2 Å². The maximum absolute atomic E-state index is 9.52. The molecule has 0 amide bonds. The average molecular weight is 203 g/mol. The predicted molar refractivity (Wildman–Crippen MR) is 64.2 cm³/mol.